The molecule has 0 aliphatic carbocycles. The molecule has 1 heterocycles. The zero-order valence-corrected chi connectivity index (χ0v) is 10.7. The van der Waals surface area contributed by atoms with Crippen LogP contribution in [0.25, 0.3) is 0 Å². The van der Waals surface area contributed by atoms with E-state index in [1.165, 1.54) is 18.2 Å². The number of hydrogen-bond acceptors (Lipinski definition) is 3. The molecule has 1 amide bonds. The molecule has 0 saturated carbocycles. The molecule has 2 aromatic rings. The van der Waals surface area contributed by atoms with Crippen molar-refractivity contribution in [3.8, 4) is 0 Å². The van der Waals surface area contributed by atoms with Crippen LogP contribution in [0.2, 0.25) is 5.15 Å². The van der Waals surface area contributed by atoms with Gasteiger partial charge >= 0.3 is 5.97 Å². The summed E-state index contributed by atoms with van der Waals surface area (Å²) in [5, 5.41) is 11.4. The second kappa shape index (κ2) is 5.66. The molecule has 0 aliphatic heterocycles. The molecule has 5 nitrogen and oxygen atoms in total. The highest BCUT2D eigenvalue weighted by Gasteiger charge is 2.13. The van der Waals surface area contributed by atoms with Gasteiger partial charge in [-0.15, -0.1) is 0 Å². The molecule has 102 valence electrons. The summed E-state index contributed by atoms with van der Waals surface area (Å²) in [4.78, 5) is 26.5. The van der Waals surface area contributed by atoms with Gasteiger partial charge in [0.15, 0.2) is 0 Å². The Bertz CT molecular complexity index is 691. The fourth-order valence-corrected chi connectivity index (χ4v) is 1.66. The quantitative estimate of drug-likeness (QED) is 0.853. The third kappa shape index (κ3) is 3.10. The second-order valence-corrected chi connectivity index (χ2v) is 4.19. The maximum atomic E-state index is 13.2. The van der Waals surface area contributed by atoms with Crippen molar-refractivity contribution in [2.45, 2.75) is 0 Å². The summed E-state index contributed by atoms with van der Waals surface area (Å²) < 4.78 is 13.2. The van der Waals surface area contributed by atoms with E-state index in [2.05, 4.69) is 10.3 Å². The molecule has 0 bridgehead atoms. The van der Waals surface area contributed by atoms with Crippen LogP contribution in [0.15, 0.2) is 36.4 Å². The first-order chi connectivity index (χ1) is 9.47. The number of nitrogens with one attached hydrogen (secondary N) is 1. The van der Waals surface area contributed by atoms with Crippen LogP contribution in [0.1, 0.15) is 20.8 Å². The van der Waals surface area contributed by atoms with Gasteiger partial charge < -0.3 is 10.4 Å². The summed E-state index contributed by atoms with van der Waals surface area (Å²) in [5.41, 5.74) is -0.309. The Morgan fingerprint density at radius 1 is 1.25 bits per heavy atom. The molecular formula is C13H8ClFN2O3. The lowest BCUT2D eigenvalue weighted by molar-refractivity contribution is 0.0691. The molecule has 0 radical (unpaired) electrons. The Labute approximate surface area is 118 Å². The molecule has 0 aliphatic rings. The Hall–Kier alpha value is -2.47. The number of carboxylic acid groups (broad SMARTS) is 1. The van der Waals surface area contributed by atoms with Crippen molar-refractivity contribution in [3.63, 3.8) is 0 Å². The lowest BCUT2D eigenvalue weighted by atomic mass is 10.2. The van der Waals surface area contributed by atoms with Crippen LogP contribution in [0.5, 0.6) is 0 Å². The summed E-state index contributed by atoms with van der Waals surface area (Å²) in [5.74, 6) is -2.87. The van der Waals surface area contributed by atoms with E-state index in [0.717, 1.165) is 12.1 Å². The van der Waals surface area contributed by atoms with Gasteiger partial charge in [0.1, 0.15) is 16.7 Å². The standard InChI is InChI=1S/C13H8ClFN2O3/c14-11-3-1-2-10(17-11)12(18)16-7-4-5-9(15)8(6-7)13(19)20/h1-6H,(H,16,18)(H,19,20). The first kappa shape index (κ1) is 14.0. The topological polar surface area (TPSA) is 79.3 Å². The van der Waals surface area contributed by atoms with E-state index in [-0.39, 0.29) is 16.5 Å². The van der Waals surface area contributed by atoms with Gasteiger partial charge in [-0.1, -0.05) is 17.7 Å². The van der Waals surface area contributed by atoms with E-state index in [1.807, 2.05) is 0 Å². The van der Waals surface area contributed by atoms with E-state index in [4.69, 9.17) is 16.7 Å². The van der Waals surface area contributed by atoms with Crippen molar-refractivity contribution < 1.29 is 19.1 Å². The van der Waals surface area contributed by atoms with Gasteiger partial charge in [0, 0.05) is 5.69 Å². The third-order valence-corrected chi connectivity index (χ3v) is 2.61. The fraction of sp³-hybridized carbons (Fsp3) is 0. The first-order valence-electron chi connectivity index (χ1n) is 5.44. The van der Waals surface area contributed by atoms with Crippen molar-refractivity contribution in [1.82, 2.24) is 4.98 Å². The van der Waals surface area contributed by atoms with Crippen LogP contribution in [-0.4, -0.2) is 22.0 Å². The van der Waals surface area contributed by atoms with Crippen molar-refractivity contribution in [2.24, 2.45) is 0 Å². The van der Waals surface area contributed by atoms with Crippen molar-refractivity contribution in [3.05, 3.63) is 58.6 Å². The van der Waals surface area contributed by atoms with Gasteiger partial charge in [0.2, 0.25) is 0 Å². The molecule has 0 saturated heterocycles. The average molecular weight is 295 g/mol. The molecule has 0 atom stereocenters. The number of anilines is 1. The molecule has 2 N–H and O–H groups in total. The molecule has 0 spiro atoms. The van der Waals surface area contributed by atoms with Crippen LogP contribution in [0.3, 0.4) is 0 Å². The molecule has 0 fully saturated rings. The maximum Gasteiger partial charge on any atom is 0.338 e. The molecule has 1 aromatic heterocycles. The lowest BCUT2D eigenvalue weighted by Crippen LogP contribution is -2.14. The van der Waals surface area contributed by atoms with Crippen molar-refractivity contribution >= 4 is 29.2 Å². The maximum absolute atomic E-state index is 13.2. The molecule has 20 heavy (non-hydrogen) atoms. The smallest absolute Gasteiger partial charge is 0.338 e. The predicted octanol–water partition coefficient (Wildman–Crippen LogP) is 2.82. The average Bonchev–Trinajstić information content (AvgIpc) is 2.40. The minimum atomic E-state index is -1.42. The summed E-state index contributed by atoms with van der Waals surface area (Å²) in [7, 11) is 0. The third-order valence-electron chi connectivity index (χ3n) is 2.40. The Morgan fingerprint density at radius 3 is 2.65 bits per heavy atom. The Balaban J connectivity index is 2.24. The van der Waals surface area contributed by atoms with Crippen LogP contribution in [-0.2, 0) is 0 Å². The van der Waals surface area contributed by atoms with Crippen molar-refractivity contribution in [2.75, 3.05) is 5.32 Å². The van der Waals surface area contributed by atoms with Gasteiger partial charge in [-0.05, 0) is 30.3 Å². The zero-order chi connectivity index (χ0) is 14.7. The lowest BCUT2D eigenvalue weighted by Gasteiger charge is -2.06. The number of pyridine rings is 1. The number of rotatable bonds is 3. The number of amides is 1. The van der Waals surface area contributed by atoms with E-state index in [1.54, 1.807) is 6.07 Å². The molecule has 1 aromatic carbocycles. The van der Waals surface area contributed by atoms with Gasteiger partial charge in [0.25, 0.3) is 5.91 Å². The van der Waals surface area contributed by atoms with Gasteiger partial charge in [-0.25, -0.2) is 14.2 Å². The minimum absolute atomic E-state index is 0.0682. The number of carbonyl (C=O) groups excluding carboxylic acids is 1. The molecule has 0 unspecified atom stereocenters. The van der Waals surface area contributed by atoms with Crippen LogP contribution in [0.4, 0.5) is 10.1 Å². The highest BCUT2D eigenvalue weighted by molar-refractivity contribution is 6.29. The normalized spacial score (nSPS) is 10.1. The number of benzene rings is 1. The SMILES string of the molecule is O=C(Nc1ccc(F)c(C(=O)O)c1)c1cccc(Cl)n1. The van der Waals surface area contributed by atoms with Crippen molar-refractivity contribution in [1.29, 1.82) is 0 Å². The van der Waals surface area contributed by atoms with Gasteiger partial charge in [-0.2, -0.15) is 0 Å². The zero-order valence-electron chi connectivity index (χ0n) is 9.93. The van der Waals surface area contributed by atoms with Crippen LogP contribution < -0.4 is 5.32 Å². The summed E-state index contributed by atoms with van der Waals surface area (Å²) >= 11 is 5.66. The van der Waals surface area contributed by atoms with Gasteiger partial charge in [0.05, 0.1) is 5.56 Å². The van der Waals surface area contributed by atoms with Crippen LogP contribution in [0, 0.1) is 5.82 Å². The fourth-order valence-electron chi connectivity index (χ4n) is 1.50. The number of carbonyl (C=O) groups is 2. The molecule has 7 heteroatoms. The Kier molecular flexibility index (Phi) is 3.95. The van der Waals surface area contributed by atoms with E-state index in [0.29, 0.717) is 0 Å². The highest BCUT2D eigenvalue weighted by atomic mass is 35.5. The number of hydrogen-bond donors (Lipinski definition) is 2. The molecular weight excluding hydrogens is 287 g/mol. The summed E-state index contributed by atoms with van der Waals surface area (Å²) in [6.45, 7) is 0. The number of aromatic carboxylic acids is 1. The van der Waals surface area contributed by atoms with E-state index < -0.39 is 23.3 Å². The number of aromatic nitrogens is 1. The summed E-state index contributed by atoms with van der Waals surface area (Å²) in [6.07, 6.45) is 0. The predicted molar refractivity (Wildman–Crippen MR) is 70.6 cm³/mol. The largest absolute Gasteiger partial charge is 0.478 e. The number of carboxylic acids is 1. The van der Waals surface area contributed by atoms with Gasteiger partial charge in [-0.3, -0.25) is 4.79 Å². The first-order valence-corrected chi connectivity index (χ1v) is 5.82. The highest BCUT2D eigenvalue weighted by Crippen LogP contribution is 2.16. The number of halogens is 2. The van der Waals surface area contributed by atoms with E-state index in [9.17, 15) is 14.0 Å². The number of nitrogens with zero attached hydrogens (tertiary/aromatic N) is 1. The monoisotopic (exact) mass is 294 g/mol. The minimum Gasteiger partial charge on any atom is -0.478 e. The Morgan fingerprint density at radius 2 is 2.00 bits per heavy atom. The second-order valence-electron chi connectivity index (χ2n) is 3.80. The van der Waals surface area contributed by atoms with Crippen LogP contribution >= 0.6 is 11.6 Å². The molecule has 2 rings (SSSR count). The van der Waals surface area contributed by atoms with E-state index >= 15 is 0 Å². The summed E-state index contributed by atoms with van der Waals surface area (Å²) in [6, 6.07) is 7.76.